The lowest BCUT2D eigenvalue weighted by Gasteiger charge is -2.35. The Kier molecular flexibility index (Phi) is 8.33. The molecule has 12 rings (SSSR count). The first-order valence-corrected chi connectivity index (χ1v) is 21.8. The van der Waals surface area contributed by atoms with Crippen molar-refractivity contribution in [3.63, 3.8) is 0 Å². The molecule has 0 bridgehead atoms. The number of benzene rings is 10. The largest absolute Gasteiger partial charge is 0.310 e. The minimum Gasteiger partial charge on any atom is -0.310 e. The van der Waals surface area contributed by atoms with Crippen LogP contribution in [0.5, 0.6) is 0 Å². The average Bonchev–Trinajstić information content (AvgIpc) is 3.86. The molecule has 286 valence electrons. The summed E-state index contributed by atoms with van der Waals surface area (Å²) in [6.45, 7) is 0. The molecule has 0 spiro atoms. The van der Waals surface area contributed by atoms with E-state index in [1.54, 1.807) is 0 Å². The van der Waals surface area contributed by atoms with E-state index in [1.165, 1.54) is 86.6 Å². The lowest BCUT2D eigenvalue weighted by Crippen LogP contribution is -2.28. The third-order valence-electron chi connectivity index (χ3n) is 12.7. The number of fused-ring (bicyclic) bond motifs is 7. The molecular formula is C59H39NS. The summed E-state index contributed by atoms with van der Waals surface area (Å²) in [7, 11) is 0. The van der Waals surface area contributed by atoms with Crippen LogP contribution in [-0.4, -0.2) is 0 Å². The Bertz CT molecular complexity index is 3400. The number of anilines is 3. The van der Waals surface area contributed by atoms with Crippen LogP contribution >= 0.6 is 11.3 Å². The van der Waals surface area contributed by atoms with Gasteiger partial charge in [0.15, 0.2) is 0 Å². The van der Waals surface area contributed by atoms with E-state index in [0.29, 0.717) is 0 Å². The van der Waals surface area contributed by atoms with Gasteiger partial charge in [-0.05, 0) is 121 Å². The summed E-state index contributed by atoms with van der Waals surface area (Å²) in [6.07, 6.45) is 0. The lowest BCUT2D eigenvalue weighted by atomic mass is 9.67. The summed E-state index contributed by atoms with van der Waals surface area (Å²) >= 11 is 1.88. The maximum Gasteiger partial charge on any atom is 0.0714 e. The van der Waals surface area contributed by atoms with Gasteiger partial charge in [0.1, 0.15) is 0 Å². The van der Waals surface area contributed by atoms with Crippen molar-refractivity contribution in [3.05, 3.63) is 259 Å². The van der Waals surface area contributed by atoms with Crippen molar-refractivity contribution >= 4 is 59.3 Å². The molecule has 0 amide bonds. The Hall–Kier alpha value is -7.52. The normalized spacial score (nSPS) is 14.3. The highest BCUT2D eigenvalue weighted by atomic mass is 32.1. The van der Waals surface area contributed by atoms with E-state index < -0.39 is 5.41 Å². The van der Waals surface area contributed by atoms with Crippen molar-refractivity contribution in [2.75, 3.05) is 4.90 Å². The summed E-state index contributed by atoms with van der Waals surface area (Å²) in [5.74, 6) is 0. The second-order valence-corrected chi connectivity index (χ2v) is 17.1. The highest BCUT2D eigenvalue weighted by Crippen LogP contribution is 2.58. The molecule has 0 radical (unpaired) electrons. The van der Waals surface area contributed by atoms with Crippen molar-refractivity contribution in [2.24, 2.45) is 0 Å². The fourth-order valence-corrected chi connectivity index (χ4v) is 11.0. The molecule has 2 heteroatoms. The van der Waals surface area contributed by atoms with E-state index in [9.17, 15) is 0 Å². The fraction of sp³-hybridized carbons (Fsp3) is 0.0169. The molecule has 10 aromatic carbocycles. The molecule has 1 aliphatic carbocycles. The van der Waals surface area contributed by atoms with Gasteiger partial charge in [-0.1, -0.05) is 182 Å². The van der Waals surface area contributed by atoms with Gasteiger partial charge in [-0.3, -0.25) is 0 Å². The van der Waals surface area contributed by atoms with Gasteiger partial charge < -0.3 is 4.90 Å². The minimum atomic E-state index is -0.545. The van der Waals surface area contributed by atoms with E-state index in [1.807, 2.05) is 11.3 Å². The Balaban J connectivity index is 1.06. The zero-order valence-electron chi connectivity index (χ0n) is 33.4. The van der Waals surface area contributed by atoms with Crippen LogP contribution in [0.25, 0.3) is 64.3 Å². The molecule has 0 saturated heterocycles. The molecule has 0 saturated carbocycles. The van der Waals surface area contributed by atoms with Crippen LogP contribution in [0.2, 0.25) is 0 Å². The van der Waals surface area contributed by atoms with E-state index in [2.05, 4.69) is 241 Å². The average molecular weight is 794 g/mol. The number of hydrogen-bond acceptors (Lipinski definition) is 2. The number of rotatable bonds is 7. The van der Waals surface area contributed by atoms with Gasteiger partial charge in [0.2, 0.25) is 0 Å². The number of hydrogen-bond donors (Lipinski definition) is 0. The number of nitrogens with zero attached hydrogens (tertiary/aromatic N) is 1. The van der Waals surface area contributed by atoms with Crippen molar-refractivity contribution in [1.29, 1.82) is 0 Å². The summed E-state index contributed by atoms with van der Waals surface area (Å²) in [4.78, 5) is 2.42. The first kappa shape index (κ1) is 35.4. The van der Waals surface area contributed by atoms with Crippen molar-refractivity contribution in [3.8, 4) is 33.4 Å². The summed E-state index contributed by atoms with van der Waals surface area (Å²) in [5.41, 5.74) is 15.3. The molecule has 1 nitrogen and oxygen atoms in total. The van der Waals surface area contributed by atoms with E-state index in [4.69, 9.17) is 0 Å². The molecule has 1 unspecified atom stereocenters. The van der Waals surface area contributed by atoms with Crippen LogP contribution in [0.4, 0.5) is 17.1 Å². The predicted octanol–water partition coefficient (Wildman–Crippen LogP) is 16.4. The van der Waals surface area contributed by atoms with Crippen LogP contribution in [0, 0.1) is 0 Å². The smallest absolute Gasteiger partial charge is 0.0714 e. The summed E-state index contributed by atoms with van der Waals surface area (Å²) in [6, 6.07) is 87.4. The second kappa shape index (κ2) is 14.3. The molecule has 0 aliphatic heterocycles. The molecule has 61 heavy (non-hydrogen) atoms. The molecule has 1 heterocycles. The van der Waals surface area contributed by atoms with Crippen molar-refractivity contribution in [1.82, 2.24) is 0 Å². The molecule has 1 atom stereocenters. The second-order valence-electron chi connectivity index (χ2n) is 16.1. The highest BCUT2D eigenvalue weighted by Gasteiger charge is 2.46. The molecule has 1 aliphatic rings. The van der Waals surface area contributed by atoms with Gasteiger partial charge >= 0.3 is 0 Å². The first-order valence-electron chi connectivity index (χ1n) is 21.0. The van der Waals surface area contributed by atoms with Gasteiger partial charge in [0, 0.05) is 37.2 Å². The SMILES string of the molecule is c1ccc(-c2ccc(N(c3ccc(-c4ccc5ccccc5c4)cc3)c3ccc4c(c3)C(c3ccccc3)(c3ccc5c(c3)sc3ccccc35)c3ccccc3-4)cc2)cc1. The molecule has 1 aromatic heterocycles. The highest BCUT2D eigenvalue weighted by molar-refractivity contribution is 7.25. The zero-order chi connectivity index (χ0) is 40.3. The standard InChI is InChI=1S/C59H39NS/c1-3-13-40(14-4-1)42-25-30-48(31-26-42)60(49-32-27-43(28-33-49)45-24-23-41-15-7-8-16-44(41)37-45)50-34-36-52-51-19-9-11-21-55(51)59(56(52)39-50,46-17-5-2-6-18-46)47-29-35-54-53-20-10-12-22-57(53)61-58(54)38-47/h1-39H. The molecular weight excluding hydrogens is 755 g/mol. The van der Waals surface area contributed by atoms with Gasteiger partial charge in [0.05, 0.1) is 5.41 Å². The van der Waals surface area contributed by atoms with Crippen LogP contribution in [0.15, 0.2) is 237 Å². The third kappa shape index (κ3) is 5.75. The topological polar surface area (TPSA) is 3.24 Å². The predicted molar refractivity (Wildman–Crippen MR) is 260 cm³/mol. The Morgan fingerprint density at radius 2 is 0.885 bits per heavy atom. The summed E-state index contributed by atoms with van der Waals surface area (Å²) < 4.78 is 2.63. The van der Waals surface area contributed by atoms with Gasteiger partial charge in [-0.2, -0.15) is 0 Å². The van der Waals surface area contributed by atoms with Crippen LogP contribution < -0.4 is 4.90 Å². The third-order valence-corrected chi connectivity index (χ3v) is 13.9. The van der Waals surface area contributed by atoms with Crippen LogP contribution in [-0.2, 0) is 5.41 Å². The number of thiophene rings is 1. The fourth-order valence-electron chi connectivity index (χ4n) is 9.90. The van der Waals surface area contributed by atoms with Gasteiger partial charge in [0.25, 0.3) is 0 Å². The Morgan fingerprint density at radius 3 is 1.67 bits per heavy atom. The zero-order valence-corrected chi connectivity index (χ0v) is 34.2. The van der Waals surface area contributed by atoms with E-state index in [-0.39, 0.29) is 0 Å². The van der Waals surface area contributed by atoms with Gasteiger partial charge in [-0.15, -0.1) is 11.3 Å². The van der Waals surface area contributed by atoms with E-state index in [0.717, 1.165) is 17.1 Å². The summed E-state index contributed by atoms with van der Waals surface area (Å²) in [5, 5.41) is 5.13. The quantitative estimate of drug-likeness (QED) is 0.155. The Labute approximate surface area is 360 Å². The lowest BCUT2D eigenvalue weighted by molar-refractivity contribution is 0.770. The maximum absolute atomic E-state index is 2.47. The Morgan fingerprint density at radius 1 is 0.311 bits per heavy atom. The van der Waals surface area contributed by atoms with Crippen LogP contribution in [0.3, 0.4) is 0 Å². The molecule has 0 N–H and O–H groups in total. The van der Waals surface area contributed by atoms with Crippen molar-refractivity contribution < 1.29 is 0 Å². The monoisotopic (exact) mass is 793 g/mol. The first-order chi connectivity index (χ1) is 30.2. The molecule has 11 aromatic rings. The van der Waals surface area contributed by atoms with E-state index >= 15 is 0 Å². The maximum atomic E-state index is 2.47. The van der Waals surface area contributed by atoms with Crippen LogP contribution in [0.1, 0.15) is 22.3 Å². The van der Waals surface area contributed by atoms with Crippen molar-refractivity contribution in [2.45, 2.75) is 5.41 Å². The molecule has 0 fully saturated rings. The minimum absolute atomic E-state index is 0.545. The van der Waals surface area contributed by atoms with Gasteiger partial charge in [-0.25, -0.2) is 0 Å².